The van der Waals surface area contributed by atoms with Crippen LogP contribution in [0.3, 0.4) is 0 Å². The van der Waals surface area contributed by atoms with E-state index in [2.05, 4.69) is 4.98 Å². The van der Waals surface area contributed by atoms with Crippen molar-refractivity contribution < 1.29 is 18.7 Å². The maximum Gasteiger partial charge on any atom is 0.276 e. The lowest BCUT2D eigenvalue weighted by atomic mass is 9.97. The molecule has 2 aromatic rings. The summed E-state index contributed by atoms with van der Waals surface area (Å²) in [5.74, 6) is 0.193. The number of oxazole rings is 1. The predicted molar refractivity (Wildman–Crippen MR) is 86.3 cm³/mol. The molecule has 1 saturated heterocycles. The molecule has 0 unspecified atom stereocenters. The fourth-order valence-corrected chi connectivity index (χ4v) is 2.89. The first-order chi connectivity index (χ1) is 11.6. The Morgan fingerprint density at radius 3 is 2.75 bits per heavy atom. The largest absolute Gasteiger partial charge is 0.497 e. The number of benzene rings is 1. The van der Waals surface area contributed by atoms with Crippen molar-refractivity contribution in [3.8, 4) is 17.1 Å². The average Bonchev–Trinajstić information content (AvgIpc) is 3.11. The van der Waals surface area contributed by atoms with Gasteiger partial charge in [0.1, 0.15) is 5.75 Å². The Balaban J connectivity index is 1.83. The fourth-order valence-electron chi connectivity index (χ4n) is 2.89. The van der Waals surface area contributed by atoms with E-state index in [1.165, 1.54) is 6.39 Å². The Kier molecular flexibility index (Phi) is 4.50. The molecular weight excluding hydrogens is 310 g/mol. The first-order valence-corrected chi connectivity index (χ1v) is 7.76. The number of methoxy groups -OCH3 is 1. The number of nitrogens with zero attached hydrogens (tertiary/aromatic N) is 2. The second kappa shape index (κ2) is 6.74. The van der Waals surface area contributed by atoms with Crippen LogP contribution in [0.4, 0.5) is 0 Å². The summed E-state index contributed by atoms with van der Waals surface area (Å²) in [6, 6.07) is 7.18. The quantitative estimate of drug-likeness (QED) is 0.920. The van der Waals surface area contributed by atoms with Crippen LogP contribution < -0.4 is 10.5 Å². The second-order valence-corrected chi connectivity index (χ2v) is 5.75. The van der Waals surface area contributed by atoms with Gasteiger partial charge in [0, 0.05) is 18.7 Å². The summed E-state index contributed by atoms with van der Waals surface area (Å²) in [5.41, 5.74) is 6.35. The van der Waals surface area contributed by atoms with Gasteiger partial charge >= 0.3 is 0 Å². The highest BCUT2D eigenvalue weighted by Crippen LogP contribution is 2.27. The van der Waals surface area contributed by atoms with Crippen LogP contribution in [0, 0.1) is 5.92 Å². The van der Waals surface area contributed by atoms with E-state index in [1.54, 1.807) is 36.3 Å². The number of amides is 2. The minimum absolute atomic E-state index is 0.241. The first kappa shape index (κ1) is 16.0. The maximum absolute atomic E-state index is 12.8. The van der Waals surface area contributed by atoms with Crippen molar-refractivity contribution in [3.63, 3.8) is 0 Å². The third kappa shape index (κ3) is 3.10. The van der Waals surface area contributed by atoms with Gasteiger partial charge < -0.3 is 19.8 Å². The molecule has 126 valence electrons. The Morgan fingerprint density at radius 1 is 1.33 bits per heavy atom. The summed E-state index contributed by atoms with van der Waals surface area (Å²) in [6.07, 6.45) is 2.71. The van der Waals surface area contributed by atoms with Gasteiger partial charge in [-0.05, 0) is 37.1 Å². The molecule has 7 nitrogen and oxygen atoms in total. The number of hydrogen-bond donors (Lipinski definition) is 1. The van der Waals surface area contributed by atoms with Crippen molar-refractivity contribution in [2.24, 2.45) is 11.7 Å². The van der Waals surface area contributed by atoms with Gasteiger partial charge in [0.2, 0.25) is 5.91 Å². The maximum atomic E-state index is 12.8. The molecule has 1 aliphatic rings. The normalized spacial score (nSPS) is 17.5. The lowest BCUT2D eigenvalue weighted by Gasteiger charge is -2.30. The van der Waals surface area contributed by atoms with E-state index in [9.17, 15) is 9.59 Å². The van der Waals surface area contributed by atoms with Gasteiger partial charge in [-0.15, -0.1) is 0 Å². The van der Waals surface area contributed by atoms with E-state index in [0.717, 1.165) is 12.0 Å². The lowest BCUT2D eigenvalue weighted by Crippen LogP contribution is -2.44. The molecule has 2 amide bonds. The average molecular weight is 329 g/mol. The molecule has 1 atom stereocenters. The molecule has 1 aliphatic heterocycles. The number of carbonyl (C=O) groups is 2. The van der Waals surface area contributed by atoms with Gasteiger partial charge in [-0.3, -0.25) is 9.59 Å². The molecule has 3 rings (SSSR count). The standard InChI is InChI=1S/C17H19N3O4/c1-23-13-6-4-11(5-7-13)15-14(19-10-24-15)17(22)20-8-2-3-12(9-20)16(18)21/h4-7,10,12H,2-3,8-9H2,1H3,(H2,18,21)/t12-/m0/s1. The van der Waals surface area contributed by atoms with Crippen LogP contribution in [0.15, 0.2) is 35.1 Å². The van der Waals surface area contributed by atoms with E-state index in [4.69, 9.17) is 14.9 Å². The Morgan fingerprint density at radius 2 is 2.08 bits per heavy atom. The number of primary amides is 1. The molecule has 1 fully saturated rings. The molecule has 7 heteroatoms. The first-order valence-electron chi connectivity index (χ1n) is 7.76. The molecular formula is C17H19N3O4. The number of ether oxygens (including phenoxy) is 1. The highest BCUT2D eigenvalue weighted by molar-refractivity contribution is 5.98. The van der Waals surface area contributed by atoms with Gasteiger partial charge in [0.05, 0.1) is 13.0 Å². The van der Waals surface area contributed by atoms with Crippen molar-refractivity contribution in [1.82, 2.24) is 9.88 Å². The van der Waals surface area contributed by atoms with E-state index < -0.39 is 0 Å². The number of hydrogen-bond acceptors (Lipinski definition) is 5. The SMILES string of the molecule is COc1ccc(-c2ocnc2C(=O)N2CCC[C@H](C(N)=O)C2)cc1. The zero-order valence-corrected chi connectivity index (χ0v) is 13.4. The zero-order valence-electron chi connectivity index (χ0n) is 13.4. The van der Waals surface area contributed by atoms with E-state index in [0.29, 0.717) is 31.0 Å². The minimum atomic E-state index is -0.372. The summed E-state index contributed by atoms with van der Waals surface area (Å²) in [6.45, 7) is 0.903. The summed E-state index contributed by atoms with van der Waals surface area (Å²) < 4.78 is 10.5. The monoisotopic (exact) mass is 329 g/mol. The third-order valence-corrected chi connectivity index (χ3v) is 4.23. The number of nitrogens with two attached hydrogens (primary N) is 1. The zero-order chi connectivity index (χ0) is 17.1. The van der Waals surface area contributed by atoms with E-state index >= 15 is 0 Å². The molecule has 2 heterocycles. The number of carbonyl (C=O) groups excluding carboxylic acids is 2. The van der Waals surface area contributed by atoms with Crippen LogP contribution >= 0.6 is 0 Å². The fraction of sp³-hybridized carbons (Fsp3) is 0.353. The number of likely N-dealkylation sites (tertiary alicyclic amines) is 1. The van der Waals surface area contributed by atoms with Crippen molar-refractivity contribution in [2.75, 3.05) is 20.2 Å². The Labute approximate surface area is 139 Å². The van der Waals surface area contributed by atoms with Gasteiger partial charge in [0.25, 0.3) is 5.91 Å². The van der Waals surface area contributed by atoms with Crippen LogP contribution in [-0.4, -0.2) is 41.9 Å². The molecule has 0 aliphatic carbocycles. The second-order valence-electron chi connectivity index (χ2n) is 5.75. The topological polar surface area (TPSA) is 98.7 Å². The molecule has 0 spiro atoms. The molecule has 0 saturated carbocycles. The van der Waals surface area contributed by atoms with Crippen molar-refractivity contribution in [2.45, 2.75) is 12.8 Å². The molecule has 0 radical (unpaired) electrons. The van der Waals surface area contributed by atoms with Gasteiger partial charge in [0.15, 0.2) is 17.8 Å². The van der Waals surface area contributed by atoms with Crippen LogP contribution in [0.2, 0.25) is 0 Å². The number of piperidine rings is 1. The minimum Gasteiger partial charge on any atom is -0.497 e. The van der Waals surface area contributed by atoms with E-state index in [1.807, 2.05) is 0 Å². The molecule has 24 heavy (non-hydrogen) atoms. The van der Waals surface area contributed by atoms with Crippen molar-refractivity contribution in [1.29, 1.82) is 0 Å². The Bertz CT molecular complexity index is 739. The number of aromatic nitrogens is 1. The molecule has 0 bridgehead atoms. The third-order valence-electron chi connectivity index (χ3n) is 4.23. The van der Waals surface area contributed by atoms with Crippen LogP contribution in [0.1, 0.15) is 23.3 Å². The Hall–Kier alpha value is -2.83. The van der Waals surface area contributed by atoms with Gasteiger partial charge in [-0.25, -0.2) is 4.98 Å². The highest BCUT2D eigenvalue weighted by atomic mass is 16.5. The molecule has 2 N–H and O–H groups in total. The summed E-state index contributed by atoms with van der Waals surface area (Å²) in [4.78, 5) is 29.9. The molecule has 1 aromatic carbocycles. The van der Waals surface area contributed by atoms with Crippen molar-refractivity contribution >= 4 is 11.8 Å². The van der Waals surface area contributed by atoms with E-state index in [-0.39, 0.29) is 23.4 Å². The summed E-state index contributed by atoms with van der Waals surface area (Å²) in [7, 11) is 1.59. The smallest absolute Gasteiger partial charge is 0.276 e. The molecule has 1 aromatic heterocycles. The van der Waals surface area contributed by atoms with Crippen LogP contribution in [0.25, 0.3) is 11.3 Å². The lowest BCUT2D eigenvalue weighted by molar-refractivity contribution is -0.123. The summed E-state index contributed by atoms with van der Waals surface area (Å²) >= 11 is 0. The van der Waals surface area contributed by atoms with Gasteiger partial charge in [-0.2, -0.15) is 0 Å². The van der Waals surface area contributed by atoms with Gasteiger partial charge in [-0.1, -0.05) is 0 Å². The summed E-state index contributed by atoms with van der Waals surface area (Å²) in [5, 5.41) is 0. The highest BCUT2D eigenvalue weighted by Gasteiger charge is 2.30. The predicted octanol–water partition coefficient (Wildman–Crippen LogP) is 1.69. The van der Waals surface area contributed by atoms with Crippen LogP contribution in [0.5, 0.6) is 5.75 Å². The van der Waals surface area contributed by atoms with Crippen molar-refractivity contribution in [3.05, 3.63) is 36.4 Å². The van der Waals surface area contributed by atoms with Crippen LogP contribution in [-0.2, 0) is 4.79 Å². The number of rotatable bonds is 4.